The Morgan fingerprint density at radius 3 is 2.52 bits per heavy atom. The highest BCUT2D eigenvalue weighted by molar-refractivity contribution is 9.10. The fourth-order valence-corrected chi connectivity index (χ4v) is 3.06. The van der Waals surface area contributed by atoms with Gasteiger partial charge in [0.2, 0.25) is 5.91 Å². The second kappa shape index (κ2) is 9.37. The molecule has 0 spiro atoms. The topological polar surface area (TPSA) is 44.8 Å². The van der Waals surface area contributed by atoms with Crippen molar-refractivity contribution < 1.29 is 9.53 Å². The average Bonchev–Trinajstić information content (AvgIpc) is 2.59. The van der Waals surface area contributed by atoms with Gasteiger partial charge in [-0.15, -0.1) is 0 Å². The zero-order chi connectivity index (χ0) is 16.7. The molecule has 1 saturated heterocycles. The maximum atomic E-state index is 12.1. The van der Waals surface area contributed by atoms with Crippen LogP contribution < -0.4 is 5.32 Å². The number of ether oxygens (including phenoxy) is 1. The second-order valence-corrected chi connectivity index (χ2v) is 6.73. The molecule has 0 saturated carbocycles. The molecule has 1 heterocycles. The monoisotopic (exact) mass is 383 g/mol. The van der Waals surface area contributed by atoms with Crippen LogP contribution in [0.25, 0.3) is 0 Å². The molecule has 1 atom stereocenters. The molecular weight excluding hydrogens is 358 g/mol. The number of methoxy groups -OCH3 is 1. The van der Waals surface area contributed by atoms with Gasteiger partial charge in [-0.1, -0.05) is 28.1 Å². The molecule has 1 amide bonds. The first-order chi connectivity index (χ1) is 11.1. The summed E-state index contributed by atoms with van der Waals surface area (Å²) in [5, 5.41) is 3.11. The highest BCUT2D eigenvalue weighted by Crippen LogP contribution is 2.23. The molecule has 0 aliphatic carbocycles. The molecular formula is C17H26BrN3O2. The van der Waals surface area contributed by atoms with E-state index in [-0.39, 0.29) is 5.91 Å². The van der Waals surface area contributed by atoms with Crippen LogP contribution in [-0.4, -0.2) is 68.7 Å². The molecule has 0 aromatic heterocycles. The lowest BCUT2D eigenvalue weighted by molar-refractivity contribution is -0.132. The molecule has 1 N–H and O–H groups in total. The molecule has 23 heavy (non-hydrogen) atoms. The van der Waals surface area contributed by atoms with E-state index in [0.717, 1.165) is 30.7 Å². The maximum absolute atomic E-state index is 12.1. The van der Waals surface area contributed by atoms with Crippen molar-refractivity contribution in [2.75, 3.05) is 53.0 Å². The predicted octanol–water partition coefficient (Wildman–Crippen LogP) is 1.89. The van der Waals surface area contributed by atoms with E-state index in [0.29, 0.717) is 25.7 Å². The highest BCUT2D eigenvalue weighted by atomic mass is 79.9. The van der Waals surface area contributed by atoms with E-state index >= 15 is 0 Å². The molecule has 1 aliphatic heterocycles. The van der Waals surface area contributed by atoms with Gasteiger partial charge in [-0.3, -0.25) is 9.69 Å². The Labute approximate surface area is 147 Å². The Kier molecular flexibility index (Phi) is 7.49. The van der Waals surface area contributed by atoms with Gasteiger partial charge in [0, 0.05) is 50.3 Å². The lowest BCUT2D eigenvalue weighted by Crippen LogP contribution is -2.51. The summed E-state index contributed by atoms with van der Waals surface area (Å²) >= 11 is 3.47. The Hall–Kier alpha value is -0.950. The summed E-state index contributed by atoms with van der Waals surface area (Å²) < 4.78 is 6.06. The number of piperazine rings is 1. The number of carbonyl (C=O) groups excluding carboxylic acids is 1. The molecule has 128 valence electrons. The van der Waals surface area contributed by atoms with Gasteiger partial charge in [0.15, 0.2) is 0 Å². The van der Waals surface area contributed by atoms with Crippen LogP contribution in [-0.2, 0) is 9.53 Å². The Bertz CT molecular complexity index is 487. The third kappa shape index (κ3) is 5.57. The first-order valence-corrected chi connectivity index (χ1v) is 8.88. The van der Waals surface area contributed by atoms with Crippen molar-refractivity contribution in [3.63, 3.8) is 0 Å². The van der Waals surface area contributed by atoms with E-state index in [9.17, 15) is 4.79 Å². The molecule has 0 radical (unpaired) electrons. The Balaban J connectivity index is 1.76. The summed E-state index contributed by atoms with van der Waals surface area (Å²) in [5.74, 6) is 0.178. The molecule has 2 rings (SSSR count). The van der Waals surface area contributed by atoms with Crippen LogP contribution in [0.2, 0.25) is 0 Å². The number of rotatable bonds is 7. The van der Waals surface area contributed by atoms with Crippen molar-refractivity contribution in [3.8, 4) is 0 Å². The zero-order valence-corrected chi connectivity index (χ0v) is 15.5. The van der Waals surface area contributed by atoms with Crippen LogP contribution in [0.3, 0.4) is 0 Å². The van der Waals surface area contributed by atoms with Crippen molar-refractivity contribution in [1.82, 2.24) is 15.1 Å². The number of amides is 1. The van der Waals surface area contributed by atoms with Gasteiger partial charge >= 0.3 is 0 Å². The Morgan fingerprint density at radius 1 is 1.26 bits per heavy atom. The standard InChI is InChI=1S/C17H26BrN3O2/c1-14(15-3-5-16(18)6-4-15)20-8-10-21(11-9-20)17(22)13-19-7-12-23-2/h3-6,14,19H,7-13H2,1-2H3. The number of halogens is 1. The van der Waals surface area contributed by atoms with Crippen LogP contribution in [0.1, 0.15) is 18.5 Å². The minimum atomic E-state index is 0.178. The van der Waals surface area contributed by atoms with Gasteiger partial charge in [0.05, 0.1) is 13.2 Å². The lowest BCUT2D eigenvalue weighted by Gasteiger charge is -2.38. The summed E-state index contributed by atoms with van der Waals surface area (Å²) in [4.78, 5) is 16.5. The number of nitrogens with one attached hydrogen (secondary N) is 1. The minimum absolute atomic E-state index is 0.178. The van der Waals surface area contributed by atoms with Crippen LogP contribution >= 0.6 is 15.9 Å². The summed E-state index contributed by atoms with van der Waals surface area (Å²) in [6.45, 7) is 7.40. The number of hydrogen-bond donors (Lipinski definition) is 1. The smallest absolute Gasteiger partial charge is 0.236 e. The van der Waals surface area contributed by atoms with Crippen molar-refractivity contribution in [3.05, 3.63) is 34.3 Å². The van der Waals surface area contributed by atoms with Gasteiger partial charge < -0.3 is 15.0 Å². The van der Waals surface area contributed by atoms with Crippen molar-refractivity contribution in [2.45, 2.75) is 13.0 Å². The summed E-state index contributed by atoms with van der Waals surface area (Å²) in [6, 6.07) is 8.85. The minimum Gasteiger partial charge on any atom is -0.383 e. The van der Waals surface area contributed by atoms with E-state index in [1.807, 2.05) is 4.90 Å². The molecule has 1 aromatic rings. The second-order valence-electron chi connectivity index (χ2n) is 5.81. The molecule has 1 fully saturated rings. The Morgan fingerprint density at radius 2 is 1.91 bits per heavy atom. The summed E-state index contributed by atoms with van der Waals surface area (Å²) in [5.41, 5.74) is 1.31. The van der Waals surface area contributed by atoms with Crippen LogP contribution in [0.4, 0.5) is 0 Å². The van der Waals surface area contributed by atoms with Crippen LogP contribution in [0.5, 0.6) is 0 Å². The normalized spacial score (nSPS) is 17.3. The lowest BCUT2D eigenvalue weighted by atomic mass is 10.1. The molecule has 1 aliphatic rings. The quantitative estimate of drug-likeness (QED) is 0.730. The third-order valence-corrected chi connectivity index (χ3v) is 4.85. The first kappa shape index (κ1) is 18.4. The fourth-order valence-electron chi connectivity index (χ4n) is 2.79. The SMILES string of the molecule is COCCNCC(=O)N1CCN(C(C)c2ccc(Br)cc2)CC1. The molecule has 1 unspecified atom stereocenters. The van der Waals surface area contributed by atoms with Gasteiger partial charge in [-0.2, -0.15) is 0 Å². The van der Waals surface area contributed by atoms with Gasteiger partial charge in [-0.05, 0) is 24.6 Å². The van der Waals surface area contributed by atoms with E-state index in [1.54, 1.807) is 7.11 Å². The zero-order valence-electron chi connectivity index (χ0n) is 13.9. The van der Waals surface area contributed by atoms with Crippen LogP contribution in [0.15, 0.2) is 28.7 Å². The summed E-state index contributed by atoms with van der Waals surface area (Å²) in [6.07, 6.45) is 0. The van der Waals surface area contributed by atoms with E-state index in [2.05, 4.69) is 57.3 Å². The number of nitrogens with zero attached hydrogens (tertiary/aromatic N) is 2. The van der Waals surface area contributed by atoms with Crippen molar-refractivity contribution >= 4 is 21.8 Å². The number of benzene rings is 1. The first-order valence-electron chi connectivity index (χ1n) is 8.08. The number of hydrogen-bond acceptors (Lipinski definition) is 4. The predicted molar refractivity (Wildman–Crippen MR) is 95.5 cm³/mol. The molecule has 6 heteroatoms. The highest BCUT2D eigenvalue weighted by Gasteiger charge is 2.24. The third-order valence-electron chi connectivity index (χ3n) is 4.33. The van der Waals surface area contributed by atoms with Gasteiger partial charge in [-0.25, -0.2) is 0 Å². The van der Waals surface area contributed by atoms with Crippen molar-refractivity contribution in [2.24, 2.45) is 0 Å². The van der Waals surface area contributed by atoms with Gasteiger partial charge in [0.25, 0.3) is 0 Å². The van der Waals surface area contributed by atoms with Crippen molar-refractivity contribution in [1.29, 1.82) is 0 Å². The molecule has 1 aromatic carbocycles. The fraction of sp³-hybridized carbons (Fsp3) is 0.588. The molecule has 0 bridgehead atoms. The van der Waals surface area contributed by atoms with Gasteiger partial charge in [0.1, 0.15) is 0 Å². The van der Waals surface area contributed by atoms with Crippen LogP contribution in [0, 0.1) is 0 Å². The largest absolute Gasteiger partial charge is 0.383 e. The maximum Gasteiger partial charge on any atom is 0.236 e. The van der Waals surface area contributed by atoms with E-state index in [1.165, 1.54) is 5.56 Å². The number of carbonyl (C=O) groups is 1. The summed E-state index contributed by atoms with van der Waals surface area (Å²) in [7, 11) is 1.66. The average molecular weight is 384 g/mol. The molecule has 5 nitrogen and oxygen atoms in total. The van der Waals surface area contributed by atoms with E-state index in [4.69, 9.17) is 4.74 Å². The van der Waals surface area contributed by atoms with E-state index < -0.39 is 0 Å².